The van der Waals surface area contributed by atoms with Gasteiger partial charge >= 0.3 is 5.97 Å². The molecular weight excluding hydrogens is 618 g/mol. The van der Waals surface area contributed by atoms with Crippen molar-refractivity contribution in [2.45, 2.75) is 83.7 Å². The number of carbonyl (C=O) groups excluding carboxylic acids is 1. The Kier molecular flexibility index (Phi) is 11.1. The molecule has 47 heavy (non-hydrogen) atoms. The minimum absolute atomic E-state index is 0.116. The van der Waals surface area contributed by atoms with Gasteiger partial charge in [-0.2, -0.15) is 4.39 Å². The number of aryl methyl sites for hydroxylation is 1. The number of hydrogen-bond donors (Lipinski definition) is 0. The number of ether oxygens (including phenoxy) is 2. The molecule has 3 aromatic carbocycles. The standard InChI is InChI=1S/C38H38F6O3/c1-3-5-6-7-24-14-17-27(33(40)32(24)39)23-12-15-26(16-13-23)47-38(45)25-10-8-22(9-11-25)28-18-19-29(35(42)34(28)41)30-20-21-31(46-4-2)37(44)36(30)43/h3,5,12,14,17-22,25-26H,4,6-11,13,15-16H2,1-2H3. The van der Waals surface area contributed by atoms with Crippen LogP contribution in [0.2, 0.25) is 0 Å². The molecule has 1 atom stereocenters. The number of allylic oxidation sites excluding steroid dienone is 3. The summed E-state index contributed by atoms with van der Waals surface area (Å²) in [6, 6.07) is 8.21. The lowest BCUT2D eigenvalue weighted by Gasteiger charge is -2.30. The van der Waals surface area contributed by atoms with E-state index in [9.17, 15) is 22.4 Å². The Balaban J connectivity index is 1.16. The Hall–Kier alpha value is -4.01. The minimum Gasteiger partial charge on any atom is -0.491 e. The van der Waals surface area contributed by atoms with Crippen molar-refractivity contribution in [3.8, 4) is 16.9 Å². The summed E-state index contributed by atoms with van der Waals surface area (Å²) >= 11 is 0. The van der Waals surface area contributed by atoms with E-state index in [4.69, 9.17) is 9.47 Å². The first kappa shape index (κ1) is 34.3. The topological polar surface area (TPSA) is 35.5 Å². The third-order valence-corrected chi connectivity index (χ3v) is 9.22. The van der Waals surface area contributed by atoms with Crippen molar-refractivity contribution in [1.29, 1.82) is 0 Å². The van der Waals surface area contributed by atoms with Gasteiger partial charge in [-0.25, -0.2) is 22.0 Å². The molecule has 2 aliphatic rings. The minimum atomic E-state index is -1.32. The zero-order valence-electron chi connectivity index (χ0n) is 26.5. The van der Waals surface area contributed by atoms with Gasteiger partial charge in [0.1, 0.15) is 6.10 Å². The monoisotopic (exact) mass is 656 g/mol. The highest BCUT2D eigenvalue weighted by molar-refractivity contribution is 5.73. The van der Waals surface area contributed by atoms with Crippen LogP contribution < -0.4 is 4.74 Å². The van der Waals surface area contributed by atoms with Crippen molar-refractivity contribution < 1.29 is 40.6 Å². The highest BCUT2D eigenvalue weighted by atomic mass is 19.2. The van der Waals surface area contributed by atoms with Crippen molar-refractivity contribution in [3.63, 3.8) is 0 Å². The number of carbonyl (C=O) groups is 1. The Labute approximate surface area is 271 Å². The fourth-order valence-corrected chi connectivity index (χ4v) is 6.59. The molecule has 1 saturated carbocycles. The van der Waals surface area contributed by atoms with Crippen LogP contribution in [-0.4, -0.2) is 18.7 Å². The number of benzene rings is 3. The fourth-order valence-electron chi connectivity index (χ4n) is 6.59. The SMILES string of the molecule is CC=CCCc1ccc(C2=CCC(OC(=O)C3CCC(c4ccc(-c5ccc(OCC)c(F)c5F)c(F)c4F)CC3)CC2)c(F)c1F. The molecule has 0 radical (unpaired) electrons. The second-order valence-electron chi connectivity index (χ2n) is 12.1. The Morgan fingerprint density at radius 1 is 0.787 bits per heavy atom. The molecule has 0 aliphatic heterocycles. The number of rotatable bonds is 10. The first-order chi connectivity index (χ1) is 22.6. The van der Waals surface area contributed by atoms with Gasteiger partial charge in [0, 0.05) is 23.1 Å². The fraction of sp³-hybridized carbons (Fsp3) is 0.395. The Morgan fingerprint density at radius 2 is 1.45 bits per heavy atom. The van der Waals surface area contributed by atoms with Gasteiger partial charge < -0.3 is 9.47 Å². The van der Waals surface area contributed by atoms with Crippen LogP contribution in [0.5, 0.6) is 5.75 Å². The van der Waals surface area contributed by atoms with Gasteiger partial charge in [0.25, 0.3) is 0 Å². The molecule has 0 saturated heterocycles. The number of esters is 1. The lowest BCUT2D eigenvalue weighted by molar-refractivity contribution is -0.155. The molecule has 0 N–H and O–H groups in total. The van der Waals surface area contributed by atoms with Crippen molar-refractivity contribution in [2.75, 3.05) is 6.61 Å². The van der Waals surface area contributed by atoms with E-state index in [1.165, 1.54) is 18.2 Å². The molecule has 5 rings (SSSR count). The van der Waals surface area contributed by atoms with Crippen LogP contribution in [0.4, 0.5) is 26.3 Å². The quantitative estimate of drug-likeness (QED) is 0.124. The van der Waals surface area contributed by atoms with E-state index in [1.54, 1.807) is 25.1 Å². The third-order valence-electron chi connectivity index (χ3n) is 9.22. The lowest BCUT2D eigenvalue weighted by atomic mass is 9.78. The van der Waals surface area contributed by atoms with Crippen molar-refractivity contribution in [2.24, 2.45) is 5.92 Å². The average molecular weight is 657 g/mol. The van der Waals surface area contributed by atoms with Crippen LogP contribution >= 0.6 is 0 Å². The van der Waals surface area contributed by atoms with Crippen LogP contribution in [0.15, 0.2) is 54.6 Å². The predicted molar refractivity (Wildman–Crippen MR) is 169 cm³/mol. The average Bonchev–Trinajstić information content (AvgIpc) is 3.07. The van der Waals surface area contributed by atoms with Crippen LogP contribution in [-0.2, 0) is 16.0 Å². The first-order valence-electron chi connectivity index (χ1n) is 16.2. The first-order valence-corrected chi connectivity index (χ1v) is 16.2. The van der Waals surface area contributed by atoms with E-state index >= 15 is 8.78 Å². The second-order valence-corrected chi connectivity index (χ2v) is 12.1. The van der Waals surface area contributed by atoms with Crippen molar-refractivity contribution in [1.82, 2.24) is 0 Å². The second kappa shape index (κ2) is 15.3. The summed E-state index contributed by atoms with van der Waals surface area (Å²) in [4.78, 5) is 13.0. The van der Waals surface area contributed by atoms with Crippen molar-refractivity contribution in [3.05, 3.63) is 106 Å². The van der Waals surface area contributed by atoms with Gasteiger partial charge in [-0.15, -0.1) is 0 Å². The van der Waals surface area contributed by atoms with E-state index < -0.39 is 51.9 Å². The highest BCUT2D eigenvalue weighted by Crippen LogP contribution is 2.41. The molecule has 0 spiro atoms. The zero-order valence-corrected chi connectivity index (χ0v) is 26.5. The van der Waals surface area contributed by atoms with Crippen LogP contribution in [0.1, 0.15) is 87.8 Å². The summed E-state index contributed by atoms with van der Waals surface area (Å²) in [6.07, 6.45) is 9.22. The molecule has 3 aromatic rings. The molecule has 2 aliphatic carbocycles. The molecule has 1 unspecified atom stereocenters. The maximum Gasteiger partial charge on any atom is 0.309 e. The summed E-state index contributed by atoms with van der Waals surface area (Å²) in [5.74, 6) is -8.08. The van der Waals surface area contributed by atoms with E-state index in [0.717, 1.165) is 6.07 Å². The third kappa shape index (κ3) is 7.44. The van der Waals surface area contributed by atoms with Gasteiger partial charge in [0.05, 0.1) is 12.5 Å². The van der Waals surface area contributed by atoms with Crippen LogP contribution in [0.25, 0.3) is 16.7 Å². The van der Waals surface area contributed by atoms with Gasteiger partial charge in [-0.1, -0.05) is 42.5 Å². The molecule has 0 aromatic heterocycles. The van der Waals surface area contributed by atoms with E-state index in [-0.39, 0.29) is 41.5 Å². The zero-order chi connectivity index (χ0) is 33.7. The van der Waals surface area contributed by atoms with Crippen LogP contribution in [0.3, 0.4) is 0 Å². The molecule has 9 heteroatoms. The number of halogens is 6. The number of hydrogen-bond acceptors (Lipinski definition) is 3. The molecule has 0 heterocycles. The van der Waals surface area contributed by atoms with E-state index in [1.807, 2.05) is 19.1 Å². The van der Waals surface area contributed by atoms with Gasteiger partial charge in [0.15, 0.2) is 34.8 Å². The molecule has 3 nitrogen and oxygen atoms in total. The van der Waals surface area contributed by atoms with Crippen LogP contribution in [0, 0.1) is 40.8 Å². The Bertz CT molecular complexity index is 1670. The smallest absolute Gasteiger partial charge is 0.309 e. The normalized spacial score (nSPS) is 19.9. The lowest BCUT2D eigenvalue weighted by Crippen LogP contribution is -2.28. The summed E-state index contributed by atoms with van der Waals surface area (Å²) in [5, 5.41) is 0. The molecular formula is C38H38F6O3. The summed E-state index contributed by atoms with van der Waals surface area (Å²) in [7, 11) is 0. The van der Waals surface area contributed by atoms with Crippen molar-refractivity contribution >= 4 is 11.5 Å². The van der Waals surface area contributed by atoms with E-state index in [0.29, 0.717) is 68.9 Å². The molecule has 1 fully saturated rings. The maximum atomic E-state index is 15.3. The molecule has 250 valence electrons. The summed E-state index contributed by atoms with van der Waals surface area (Å²) in [6.45, 7) is 3.60. The summed E-state index contributed by atoms with van der Waals surface area (Å²) in [5.41, 5.74) is 0.583. The Morgan fingerprint density at radius 3 is 2.11 bits per heavy atom. The van der Waals surface area contributed by atoms with Gasteiger partial charge in [0.2, 0.25) is 5.82 Å². The maximum absolute atomic E-state index is 15.3. The summed E-state index contributed by atoms with van der Waals surface area (Å²) < 4.78 is 99.8. The molecule has 0 amide bonds. The predicted octanol–water partition coefficient (Wildman–Crippen LogP) is 10.5. The van der Waals surface area contributed by atoms with Gasteiger partial charge in [-0.3, -0.25) is 4.79 Å². The van der Waals surface area contributed by atoms with E-state index in [2.05, 4.69) is 0 Å². The molecule has 0 bridgehead atoms. The van der Waals surface area contributed by atoms with Gasteiger partial charge in [-0.05, 0) is 100.0 Å². The highest BCUT2D eigenvalue weighted by Gasteiger charge is 2.33. The largest absolute Gasteiger partial charge is 0.491 e.